The van der Waals surface area contributed by atoms with Crippen molar-refractivity contribution in [2.75, 3.05) is 13.2 Å². The lowest BCUT2D eigenvalue weighted by molar-refractivity contribution is -0.385. The molecular formula is C12H15N3O6. The summed E-state index contributed by atoms with van der Waals surface area (Å²) in [6, 6.07) is 2.53. The minimum atomic E-state index is -1.14. The molecule has 0 atom stereocenters. The third-order valence-corrected chi connectivity index (χ3v) is 2.70. The molecule has 0 aromatic heterocycles. The summed E-state index contributed by atoms with van der Waals surface area (Å²) in [6.07, 6.45) is -0.764. The molecule has 114 valence electrons. The van der Waals surface area contributed by atoms with Gasteiger partial charge in [-0.15, -0.1) is 0 Å². The Bertz CT molecular complexity index is 572. The molecule has 2 amide bonds. The van der Waals surface area contributed by atoms with Crippen LogP contribution in [0.15, 0.2) is 12.1 Å². The Morgan fingerprint density at radius 3 is 2.67 bits per heavy atom. The predicted molar refractivity (Wildman–Crippen MR) is 72.5 cm³/mol. The molecule has 0 aliphatic heterocycles. The molecule has 0 heterocycles. The first kappa shape index (κ1) is 16.2. The van der Waals surface area contributed by atoms with Gasteiger partial charge in [-0.3, -0.25) is 14.9 Å². The number of amides is 2. The Morgan fingerprint density at radius 2 is 2.14 bits per heavy atom. The molecule has 0 saturated heterocycles. The first-order chi connectivity index (χ1) is 9.84. The number of primary amides is 1. The number of nitro groups is 1. The van der Waals surface area contributed by atoms with Gasteiger partial charge in [0.2, 0.25) is 0 Å². The van der Waals surface area contributed by atoms with E-state index in [1.165, 1.54) is 19.1 Å². The van der Waals surface area contributed by atoms with Crippen molar-refractivity contribution in [3.8, 4) is 5.75 Å². The zero-order valence-corrected chi connectivity index (χ0v) is 11.3. The molecule has 1 aromatic carbocycles. The van der Waals surface area contributed by atoms with Crippen LogP contribution in [0.5, 0.6) is 5.75 Å². The summed E-state index contributed by atoms with van der Waals surface area (Å²) in [5, 5.41) is 21.4. The first-order valence-corrected chi connectivity index (χ1v) is 6.02. The Labute approximate surface area is 119 Å². The van der Waals surface area contributed by atoms with Crippen molar-refractivity contribution >= 4 is 17.7 Å². The Morgan fingerprint density at radius 1 is 1.48 bits per heavy atom. The van der Waals surface area contributed by atoms with Crippen LogP contribution in [0, 0.1) is 17.0 Å². The number of nitrogens with two attached hydrogens (primary N) is 1. The second-order valence-corrected chi connectivity index (χ2v) is 4.14. The first-order valence-electron chi connectivity index (χ1n) is 6.02. The van der Waals surface area contributed by atoms with Crippen molar-refractivity contribution in [2.45, 2.75) is 13.3 Å². The van der Waals surface area contributed by atoms with E-state index in [2.05, 4.69) is 5.32 Å². The fourth-order valence-corrected chi connectivity index (χ4v) is 1.75. The molecule has 0 radical (unpaired) electrons. The molecule has 0 aliphatic rings. The zero-order valence-electron chi connectivity index (χ0n) is 11.3. The summed E-state index contributed by atoms with van der Waals surface area (Å²) in [7, 11) is 0. The smallest absolute Gasteiger partial charge is 0.404 e. The minimum absolute atomic E-state index is 0.0459. The molecule has 0 spiro atoms. The highest BCUT2D eigenvalue weighted by atomic mass is 16.6. The zero-order chi connectivity index (χ0) is 16.0. The largest absolute Gasteiger partial charge is 0.493 e. The minimum Gasteiger partial charge on any atom is -0.493 e. The van der Waals surface area contributed by atoms with Crippen molar-refractivity contribution in [3.05, 3.63) is 33.4 Å². The third kappa shape index (κ3) is 4.34. The highest BCUT2D eigenvalue weighted by Gasteiger charge is 2.21. The average Bonchev–Trinajstić information content (AvgIpc) is 2.36. The van der Waals surface area contributed by atoms with Gasteiger partial charge in [0.15, 0.2) is 0 Å². The Hall–Kier alpha value is -2.84. The van der Waals surface area contributed by atoms with E-state index in [0.717, 1.165) is 0 Å². The average molecular weight is 297 g/mol. The third-order valence-electron chi connectivity index (χ3n) is 2.70. The highest BCUT2D eigenvalue weighted by Crippen LogP contribution is 2.29. The maximum atomic E-state index is 11.4. The number of nitro benzene ring substituents is 1. The molecule has 0 bridgehead atoms. The van der Waals surface area contributed by atoms with Gasteiger partial charge in [0.1, 0.15) is 5.75 Å². The van der Waals surface area contributed by atoms with Crippen molar-refractivity contribution in [3.63, 3.8) is 0 Å². The van der Waals surface area contributed by atoms with Gasteiger partial charge >= 0.3 is 6.09 Å². The number of rotatable bonds is 7. The highest BCUT2D eigenvalue weighted by molar-refractivity contribution is 5.98. The summed E-state index contributed by atoms with van der Waals surface area (Å²) in [6.45, 7) is 1.74. The molecule has 0 aliphatic carbocycles. The van der Waals surface area contributed by atoms with E-state index in [0.29, 0.717) is 6.42 Å². The van der Waals surface area contributed by atoms with Gasteiger partial charge in [0.25, 0.3) is 11.6 Å². The van der Waals surface area contributed by atoms with Gasteiger partial charge in [-0.05, 0) is 19.4 Å². The molecular weight excluding hydrogens is 282 g/mol. The van der Waals surface area contributed by atoms with Gasteiger partial charge in [-0.2, -0.15) is 0 Å². The van der Waals surface area contributed by atoms with E-state index in [1.807, 2.05) is 0 Å². The number of carbonyl (C=O) groups is 2. The molecule has 0 saturated carbocycles. The van der Waals surface area contributed by atoms with Crippen LogP contribution in [0.25, 0.3) is 0 Å². The van der Waals surface area contributed by atoms with E-state index >= 15 is 0 Å². The summed E-state index contributed by atoms with van der Waals surface area (Å²) >= 11 is 0. The molecule has 1 aromatic rings. The van der Waals surface area contributed by atoms with Crippen LogP contribution in [0.4, 0.5) is 10.5 Å². The van der Waals surface area contributed by atoms with Crippen molar-refractivity contribution in [1.82, 2.24) is 5.32 Å². The van der Waals surface area contributed by atoms with E-state index < -0.39 is 16.9 Å². The van der Waals surface area contributed by atoms with Crippen LogP contribution in [0.2, 0.25) is 0 Å². The number of nitrogens with zero attached hydrogens (tertiary/aromatic N) is 1. The molecule has 9 heteroatoms. The number of carboxylic acid groups (broad SMARTS) is 1. The lowest BCUT2D eigenvalue weighted by Crippen LogP contribution is -2.23. The van der Waals surface area contributed by atoms with Crippen LogP contribution in [0.3, 0.4) is 0 Å². The molecule has 21 heavy (non-hydrogen) atoms. The van der Waals surface area contributed by atoms with Crippen molar-refractivity contribution in [1.29, 1.82) is 0 Å². The number of carbonyl (C=O) groups excluding carboxylic acids is 1. The normalized spacial score (nSPS) is 9.95. The maximum absolute atomic E-state index is 11.4. The number of nitrogens with one attached hydrogen (secondary N) is 1. The number of hydrogen-bond donors (Lipinski definition) is 3. The summed E-state index contributed by atoms with van der Waals surface area (Å²) in [5.74, 6) is -0.684. The maximum Gasteiger partial charge on any atom is 0.404 e. The monoisotopic (exact) mass is 297 g/mol. The summed E-state index contributed by atoms with van der Waals surface area (Å²) in [4.78, 5) is 31.9. The van der Waals surface area contributed by atoms with Gasteiger partial charge in [-0.25, -0.2) is 4.79 Å². The quantitative estimate of drug-likeness (QED) is 0.389. The topological polar surface area (TPSA) is 145 Å². The second kappa shape index (κ2) is 7.08. The molecule has 1 rings (SSSR count). The number of ether oxygens (including phenoxy) is 1. The van der Waals surface area contributed by atoms with E-state index in [4.69, 9.17) is 15.6 Å². The second-order valence-electron chi connectivity index (χ2n) is 4.14. The Balaban J connectivity index is 2.83. The number of benzene rings is 1. The predicted octanol–water partition coefficient (Wildman–Crippen LogP) is 1.04. The van der Waals surface area contributed by atoms with Crippen LogP contribution in [-0.4, -0.2) is 35.2 Å². The fraction of sp³-hybridized carbons (Fsp3) is 0.333. The molecule has 0 unspecified atom stereocenters. The van der Waals surface area contributed by atoms with Crippen LogP contribution >= 0.6 is 0 Å². The summed E-state index contributed by atoms with van der Waals surface area (Å²) in [5.41, 5.74) is 5.09. The fourth-order valence-electron chi connectivity index (χ4n) is 1.75. The van der Waals surface area contributed by atoms with Gasteiger partial charge in [0.05, 0.1) is 17.1 Å². The van der Waals surface area contributed by atoms with E-state index in [9.17, 15) is 19.7 Å². The van der Waals surface area contributed by atoms with Crippen molar-refractivity contribution in [2.24, 2.45) is 5.73 Å². The van der Waals surface area contributed by atoms with Crippen molar-refractivity contribution < 1.29 is 24.4 Å². The van der Waals surface area contributed by atoms with Gasteiger partial charge < -0.3 is 20.9 Å². The van der Waals surface area contributed by atoms with Gasteiger partial charge in [0, 0.05) is 18.2 Å². The molecule has 9 nitrogen and oxygen atoms in total. The standard InChI is InChI=1S/C12H15N3O6/c1-7-8(15(19)20)3-4-9(10(7)11(13)16)21-6-2-5-14-12(17)18/h3-4,14H,2,5-6H2,1H3,(H2,13,16)(H,17,18). The van der Waals surface area contributed by atoms with Crippen LogP contribution < -0.4 is 15.8 Å². The van der Waals surface area contributed by atoms with Crippen LogP contribution in [0.1, 0.15) is 22.3 Å². The van der Waals surface area contributed by atoms with E-state index in [-0.39, 0.29) is 35.7 Å². The van der Waals surface area contributed by atoms with Gasteiger partial charge in [-0.1, -0.05) is 0 Å². The van der Waals surface area contributed by atoms with Crippen LogP contribution in [-0.2, 0) is 0 Å². The lowest BCUT2D eigenvalue weighted by Gasteiger charge is -2.11. The van der Waals surface area contributed by atoms with E-state index in [1.54, 1.807) is 0 Å². The lowest BCUT2D eigenvalue weighted by atomic mass is 10.1. The number of hydrogen-bond acceptors (Lipinski definition) is 5. The SMILES string of the molecule is Cc1c([N+](=O)[O-])ccc(OCCCNC(=O)O)c1C(N)=O. The molecule has 4 N–H and O–H groups in total. The summed E-state index contributed by atoms with van der Waals surface area (Å²) < 4.78 is 5.34. The Kier molecular flexibility index (Phi) is 5.47. The molecule has 0 fully saturated rings.